The molecule has 0 saturated heterocycles. The van der Waals surface area contributed by atoms with Crippen LogP contribution in [0, 0.1) is 11.3 Å². The van der Waals surface area contributed by atoms with E-state index in [4.69, 9.17) is 15.1 Å². The summed E-state index contributed by atoms with van der Waals surface area (Å²) in [5, 5.41) is 17.9. The van der Waals surface area contributed by atoms with Gasteiger partial charge in [-0.2, -0.15) is 5.26 Å². The zero-order chi connectivity index (χ0) is 10.4. The second-order valence-electron chi connectivity index (χ2n) is 2.72. The summed E-state index contributed by atoms with van der Waals surface area (Å²) in [6.45, 7) is 3.83. The van der Waals surface area contributed by atoms with Gasteiger partial charge >= 0.3 is 0 Å². The van der Waals surface area contributed by atoms with Crippen LogP contribution < -0.4 is 0 Å². The summed E-state index contributed by atoms with van der Waals surface area (Å²) in [5.41, 5.74) is 0.729. The van der Waals surface area contributed by atoms with Crippen LogP contribution in [-0.2, 0) is 4.74 Å². The summed E-state index contributed by atoms with van der Waals surface area (Å²) in [7, 11) is 0. The maximum atomic E-state index is 9.05. The SMILES string of the molecule is C=CCO[C@@H](C#N)c1ccc(O)cc1. The van der Waals surface area contributed by atoms with Crippen molar-refractivity contribution in [3.05, 3.63) is 42.5 Å². The molecule has 0 saturated carbocycles. The van der Waals surface area contributed by atoms with Crippen LogP contribution in [0.4, 0.5) is 0 Å². The van der Waals surface area contributed by atoms with Crippen LogP contribution in [0.3, 0.4) is 0 Å². The lowest BCUT2D eigenvalue weighted by molar-refractivity contribution is 0.115. The molecule has 0 unspecified atom stereocenters. The van der Waals surface area contributed by atoms with Gasteiger partial charge in [-0.1, -0.05) is 18.2 Å². The Labute approximate surface area is 82.9 Å². The number of hydrogen-bond donors (Lipinski definition) is 1. The highest BCUT2D eigenvalue weighted by molar-refractivity contribution is 5.29. The van der Waals surface area contributed by atoms with Crippen LogP contribution in [0.5, 0.6) is 5.75 Å². The first-order chi connectivity index (χ1) is 6.77. The summed E-state index contributed by atoms with van der Waals surface area (Å²) in [4.78, 5) is 0. The molecule has 1 N–H and O–H groups in total. The number of rotatable bonds is 4. The van der Waals surface area contributed by atoms with Crippen molar-refractivity contribution in [1.29, 1.82) is 5.26 Å². The Morgan fingerprint density at radius 2 is 2.14 bits per heavy atom. The Hall–Kier alpha value is -1.79. The minimum atomic E-state index is -0.603. The van der Waals surface area contributed by atoms with Crippen molar-refractivity contribution < 1.29 is 9.84 Å². The Morgan fingerprint density at radius 3 is 2.64 bits per heavy atom. The number of ether oxygens (including phenoxy) is 1. The van der Waals surface area contributed by atoms with Crippen molar-refractivity contribution in [2.24, 2.45) is 0 Å². The van der Waals surface area contributed by atoms with Crippen LogP contribution in [0.1, 0.15) is 11.7 Å². The van der Waals surface area contributed by atoms with Gasteiger partial charge in [0.05, 0.1) is 12.7 Å². The molecule has 1 aromatic carbocycles. The molecule has 0 amide bonds. The second-order valence-corrected chi connectivity index (χ2v) is 2.72. The maximum absolute atomic E-state index is 9.05. The predicted molar refractivity (Wildman–Crippen MR) is 52.6 cm³/mol. The molecule has 0 heterocycles. The van der Waals surface area contributed by atoms with Crippen molar-refractivity contribution in [1.82, 2.24) is 0 Å². The quantitative estimate of drug-likeness (QED) is 0.738. The summed E-state index contributed by atoms with van der Waals surface area (Å²) < 4.78 is 5.21. The van der Waals surface area contributed by atoms with Crippen molar-refractivity contribution in [2.75, 3.05) is 6.61 Å². The number of aromatic hydroxyl groups is 1. The van der Waals surface area contributed by atoms with Gasteiger partial charge in [-0.05, 0) is 17.7 Å². The minimum Gasteiger partial charge on any atom is -0.508 e. The third-order valence-electron chi connectivity index (χ3n) is 1.69. The van der Waals surface area contributed by atoms with Crippen molar-refractivity contribution in [3.63, 3.8) is 0 Å². The Kier molecular flexibility index (Phi) is 3.71. The van der Waals surface area contributed by atoms with E-state index in [1.807, 2.05) is 6.07 Å². The molecule has 72 valence electrons. The van der Waals surface area contributed by atoms with Gasteiger partial charge in [0.2, 0.25) is 0 Å². The van der Waals surface area contributed by atoms with Gasteiger partial charge in [0.15, 0.2) is 6.10 Å². The number of benzene rings is 1. The average molecular weight is 189 g/mol. The fourth-order valence-electron chi connectivity index (χ4n) is 1.02. The molecule has 0 aromatic heterocycles. The zero-order valence-electron chi connectivity index (χ0n) is 7.68. The molecule has 3 heteroatoms. The smallest absolute Gasteiger partial charge is 0.169 e. The van der Waals surface area contributed by atoms with Gasteiger partial charge in [-0.3, -0.25) is 0 Å². The van der Waals surface area contributed by atoms with E-state index in [-0.39, 0.29) is 5.75 Å². The summed E-state index contributed by atoms with van der Waals surface area (Å²) in [5.74, 6) is 0.175. The fourth-order valence-corrected chi connectivity index (χ4v) is 1.02. The third kappa shape index (κ3) is 2.61. The first-order valence-electron chi connectivity index (χ1n) is 4.19. The highest BCUT2D eigenvalue weighted by atomic mass is 16.5. The van der Waals surface area contributed by atoms with Crippen LogP contribution in [0.15, 0.2) is 36.9 Å². The molecule has 1 rings (SSSR count). The molecule has 0 aliphatic carbocycles. The standard InChI is InChI=1S/C11H11NO2/c1-2-7-14-11(8-12)9-3-5-10(13)6-4-9/h2-6,11,13H,1,7H2/t11-/m0/s1. The molecule has 1 atom stereocenters. The zero-order valence-corrected chi connectivity index (χ0v) is 7.68. The van der Waals surface area contributed by atoms with E-state index in [9.17, 15) is 0 Å². The number of nitriles is 1. The predicted octanol–water partition coefficient (Wildman–Crippen LogP) is 2.16. The van der Waals surface area contributed by atoms with E-state index in [0.29, 0.717) is 6.61 Å². The molecule has 1 aromatic rings. The lowest BCUT2D eigenvalue weighted by atomic mass is 10.1. The Morgan fingerprint density at radius 1 is 1.50 bits per heavy atom. The van der Waals surface area contributed by atoms with Gasteiger partial charge < -0.3 is 9.84 Å². The van der Waals surface area contributed by atoms with Crippen LogP contribution >= 0.6 is 0 Å². The van der Waals surface area contributed by atoms with Crippen molar-refractivity contribution in [3.8, 4) is 11.8 Å². The molecular weight excluding hydrogens is 178 g/mol. The normalized spacial score (nSPS) is 11.6. The summed E-state index contributed by atoms with van der Waals surface area (Å²) in [6.07, 6.45) is 0.985. The fraction of sp³-hybridized carbons (Fsp3) is 0.182. The number of hydrogen-bond acceptors (Lipinski definition) is 3. The van der Waals surface area contributed by atoms with Gasteiger partial charge in [0.1, 0.15) is 5.75 Å². The molecule has 3 nitrogen and oxygen atoms in total. The topological polar surface area (TPSA) is 53.2 Å². The summed E-state index contributed by atoms with van der Waals surface area (Å²) >= 11 is 0. The Bertz CT molecular complexity index is 337. The molecule has 0 radical (unpaired) electrons. The van der Waals surface area contributed by atoms with Crippen LogP contribution in [0.2, 0.25) is 0 Å². The molecule has 14 heavy (non-hydrogen) atoms. The highest BCUT2D eigenvalue weighted by Gasteiger charge is 2.09. The lowest BCUT2D eigenvalue weighted by Gasteiger charge is -2.08. The molecular formula is C11H11NO2. The molecule has 0 aliphatic rings. The minimum absolute atomic E-state index is 0.175. The van der Waals surface area contributed by atoms with Crippen molar-refractivity contribution in [2.45, 2.75) is 6.10 Å². The molecule has 0 fully saturated rings. The molecule has 0 spiro atoms. The van der Waals surface area contributed by atoms with Crippen molar-refractivity contribution >= 4 is 0 Å². The first-order valence-corrected chi connectivity index (χ1v) is 4.19. The van der Waals surface area contributed by atoms with E-state index in [1.54, 1.807) is 18.2 Å². The number of phenols is 1. The van der Waals surface area contributed by atoms with E-state index < -0.39 is 6.10 Å². The first kappa shape index (κ1) is 10.3. The van der Waals surface area contributed by atoms with E-state index in [1.165, 1.54) is 12.1 Å². The van der Waals surface area contributed by atoms with Gasteiger partial charge in [-0.25, -0.2) is 0 Å². The third-order valence-corrected chi connectivity index (χ3v) is 1.69. The molecule has 0 aliphatic heterocycles. The number of phenolic OH excluding ortho intramolecular Hbond substituents is 1. The molecule has 0 bridgehead atoms. The highest BCUT2D eigenvalue weighted by Crippen LogP contribution is 2.19. The number of nitrogens with zero attached hydrogens (tertiary/aromatic N) is 1. The average Bonchev–Trinajstić information content (AvgIpc) is 2.21. The van der Waals surface area contributed by atoms with Gasteiger partial charge in [-0.15, -0.1) is 6.58 Å². The van der Waals surface area contributed by atoms with E-state index in [2.05, 4.69) is 6.58 Å². The monoisotopic (exact) mass is 189 g/mol. The second kappa shape index (κ2) is 5.05. The maximum Gasteiger partial charge on any atom is 0.169 e. The van der Waals surface area contributed by atoms with Crippen LogP contribution in [-0.4, -0.2) is 11.7 Å². The van der Waals surface area contributed by atoms with E-state index in [0.717, 1.165) is 5.56 Å². The lowest BCUT2D eigenvalue weighted by Crippen LogP contribution is -2.01. The summed E-state index contributed by atoms with van der Waals surface area (Å²) in [6, 6.07) is 8.39. The van der Waals surface area contributed by atoms with Gasteiger partial charge in [0, 0.05) is 0 Å². The Balaban J connectivity index is 2.74. The van der Waals surface area contributed by atoms with E-state index >= 15 is 0 Å². The largest absolute Gasteiger partial charge is 0.508 e. The van der Waals surface area contributed by atoms with Crippen LogP contribution in [0.25, 0.3) is 0 Å². The van der Waals surface area contributed by atoms with Gasteiger partial charge in [0.25, 0.3) is 0 Å².